The SMILES string of the molecule is COc1ccc(CCN(C)S(=O)(=O)c2ccc(OC(C)C)c(C)c2)cc1OC. The maximum atomic E-state index is 12.9. The molecule has 0 bridgehead atoms. The Bertz CT molecular complexity index is 909. The standard InChI is InChI=1S/C21H29NO5S/c1-15(2)27-19-10-8-18(13-16(19)3)28(23,24)22(4)12-11-17-7-9-20(25-5)21(14-17)26-6/h7-10,13-15H,11-12H2,1-6H3. The van der Waals surface area contributed by atoms with E-state index >= 15 is 0 Å². The molecule has 0 aromatic heterocycles. The van der Waals surface area contributed by atoms with Gasteiger partial charge in [-0.05, 0) is 68.7 Å². The lowest BCUT2D eigenvalue weighted by Gasteiger charge is -2.19. The van der Waals surface area contributed by atoms with Crippen molar-refractivity contribution in [1.29, 1.82) is 0 Å². The minimum atomic E-state index is -3.58. The molecule has 0 heterocycles. The number of sulfonamides is 1. The molecule has 0 aliphatic heterocycles. The summed E-state index contributed by atoms with van der Waals surface area (Å²) in [6.45, 7) is 6.07. The maximum Gasteiger partial charge on any atom is 0.242 e. The van der Waals surface area contributed by atoms with Crippen LogP contribution in [0.15, 0.2) is 41.3 Å². The van der Waals surface area contributed by atoms with E-state index in [2.05, 4.69) is 0 Å². The quantitative estimate of drug-likeness (QED) is 0.635. The van der Waals surface area contributed by atoms with Gasteiger partial charge in [-0.25, -0.2) is 12.7 Å². The highest BCUT2D eigenvalue weighted by atomic mass is 32.2. The summed E-state index contributed by atoms with van der Waals surface area (Å²) in [4.78, 5) is 0.260. The van der Waals surface area contributed by atoms with Gasteiger partial charge in [0.05, 0.1) is 25.2 Å². The van der Waals surface area contributed by atoms with Crippen LogP contribution in [0, 0.1) is 6.92 Å². The second kappa shape index (κ2) is 9.30. The number of ether oxygens (including phenoxy) is 3. The fraction of sp³-hybridized carbons (Fsp3) is 0.429. The number of nitrogens with zero attached hydrogens (tertiary/aromatic N) is 1. The van der Waals surface area contributed by atoms with Gasteiger partial charge in [0.25, 0.3) is 0 Å². The molecule has 154 valence electrons. The summed E-state index contributed by atoms with van der Waals surface area (Å²) in [5, 5.41) is 0. The predicted molar refractivity (Wildman–Crippen MR) is 110 cm³/mol. The van der Waals surface area contributed by atoms with Crippen molar-refractivity contribution in [1.82, 2.24) is 4.31 Å². The third kappa shape index (κ3) is 5.17. The van der Waals surface area contributed by atoms with Crippen molar-refractivity contribution in [2.45, 2.75) is 38.2 Å². The van der Waals surface area contributed by atoms with Gasteiger partial charge in [-0.15, -0.1) is 0 Å². The zero-order valence-electron chi connectivity index (χ0n) is 17.4. The minimum Gasteiger partial charge on any atom is -0.493 e. The smallest absolute Gasteiger partial charge is 0.242 e. The summed E-state index contributed by atoms with van der Waals surface area (Å²) in [7, 11) is 1.16. The van der Waals surface area contributed by atoms with Crippen molar-refractivity contribution < 1.29 is 22.6 Å². The van der Waals surface area contributed by atoms with Gasteiger partial charge in [-0.3, -0.25) is 0 Å². The summed E-state index contributed by atoms with van der Waals surface area (Å²) in [6, 6.07) is 10.5. The topological polar surface area (TPSA) is 65.1 Å². The van der Waals surface area contributed by atoms with E-state index in [1.807, 2.05) is 39.0 Å². The Balaban J connectivity index is 2.13. The maximum absolute atomic E-state index is 12.9. The highest BCUT2D eigenvalue weighted by Crippen LogP contribution is 2.28. The highest BCUT2D eigenvalue weighted by molar-refractivity contribution is 7.89. The molecular formula is C21H29NO5S. The van der Waals surface area contributed by atoms with Crippen LogP contribution in [0.2, 0.25) is 0 Å². The molecule has 0 amide bonds. The van der Waals surface area contributed by atoms with Crippen LogP contribution in [0.4, 0.5) is 0 Å². The first-order valence-corrected chi connectivity index (χ1v) is 10.6. The van der Waals surface area contributed by atoms with Gasteiger partial charge >= 0.3 is 0 Å². The Labute approximate surface area is 168 Å². The zero-order chi connectivity index (χ0) is 20.9. The fourth-order valence-electron chi connectivity index (χ4n) is 2.79. The molecule has 28 heavy (non-hydrogen) atoms. The van der Waals surface area contributed by atoms with Gasteiger partial charge in [-0.2, -0.15) is 0 Å². The van der Waals surface area contributed by atoms with Crippen LogP contribution < -0.4 is 14.2 Å². The van der Waals surface area contributed by atoms with Gasteiger partial charge in [0.2, 0.25) is 10.0 Å². The van der Waals surface area contributed by atoms with Gasteiger partial charge < -0.3 is 14.2 Å². The van der Waals surface area contributed by atoms with Crippen LogP contribution in [0.25, 0.3) is 0 Å². The number of likely N-dealkylation sites (N-methyl/N-ethyl adjacent to an activating group) is 1. The largest absolute Gasteiger partial charge is 0.493 e. The van der Waals surface area contributed by atoms with Crippen molar-refractivity contribution >= 4 is 10.0 Å². The van der Waals surface area contributed by atoms with E-state index in [9.17, 15) is 8.42 Å². The lowest BCUT2D eigenvalue weighted by molar-refractivity contribution is 0.240. The van der Waals surface area contributed by atoms with Crippen LogP contribution in [0.3, 0.4) is 0 Å². The third-order valence-corrected chi connectivity index (χ3v) is 6.23. The van der Waals surface area contributed by atoms with Crippen molar-refractivity contribution in [3.8, 4) is 17.2 Å². The van der Waals surface area contributed by atoms with Crippen LogP contribution in [-0.4, -0.2) is 46.6 Å². The second-order valence-corrected chi connectivity index (χ2v) is 8.90. The van der Waals surface area contributed by atoms with Crippen molar-refractivity contribution in [2.75, 3.05) is 27.8 Å². The lowest BCUT2D eigenvalue weighted by Crippen LogP contribution is -2.29. The summed E-state index contributed by atoms with van der Waals surface area (Å²) >= 11 is 0. The molecule has 0 N–H and O–H groups in total. The summed E-state index contributed by atoms with van der Waals surface area (Å²) < 4.78 is 43.4. The van der Waals surface area contributed by atoms with E-state index < -0.39 is 10.0 Å². The van der Waals surface area contributed by atoms with Crippen LogP contribution in [-0.2, 0) is 16.4 Å². The zero-order valence-corrected chi connectivity index (χ0v) is 18.2. The summed E-state index contributed by atoms with van der Waals surface area (Å²) in [5.41, 5.74) is 1.76. The molecule has 0 fully saturated rings. The Hall–Kier alpha value is -2.25. The third-order valence-electron chi connectivity index (χ3n) is 4.38. The molecular weight excluding hydrogens is 378 g/mol. The van der Waals surface area contributed by atoms with Gasteiger partial charge in [0.15, 0.2) is 11.5 Å². The lowest BCUT2D eigenvalue weighted by atomic mass is 10.1. The molecule has 0 saturated heterocycles. The van der Waals surface area contributed by atoms with E-state index in [1.165, 1.54) is 4.31 Å². The summed E-state index contributed by atoms with van der Waals surface area (Å²) in [6.07, 6.45) is 0.592. The first kappa shape index (κ1) is 22.0. The van der Waals surface area contributed by atoms with E-state index in [4.69, 9.17) is 14.2 Å². The normalized spacial score (nSPS) is 11.7. The molecule has 0 atom stereocenters. The van der Waals surface area contributed by atoms with Crippen LogP contribution in [0.5, 0.6) is 17.2 Å². The summed E-state index contributed by atoms with van der Waals surface area (Å²) in [5.74, 6) is 1.97. The van der Waals surface area contributed by atoms with Crippen molar-refractivity contribution in [3.05, 3.63) is 47.5 Å². The molecule has 2 rings (SSSR count). The van der Waals surface area contributed by atoms with Crippen molar-refractivity contribution in [2.24, 2.45) is 0 Å². The van der Waals surface area contributed by atoms with E-state index in [-0.39, 0.29) is 11.0 Å². The molecule has 7 heteroatoms. The Kier molecular flexibility index (Phi) is 7.32. The van der Waals surface area contributed by atoms with Crippen molar-refractivity contribution in [3.63, 3.8) is 0 Å². The van der Waals surface area contributed by atoms with E-state index in [0.29, 0.717) is 30.2 Å². The monoisotopic (exact) mass is 407 g/mol. The number of rotatable bonds is 9. The molecule has 2 aromatic carbocycles. The Morgan fingerprint density at radius 1 is 0.964 bits per heavy atom. The highest BCUT2D eigenvalue weighted by Gasteiger charge is 2.21. The number of hydrogen-bond acceptors (Lipinski definition) is 5. The van der Waals surface area contributed by atoms with Crippen LogP contribution in [0.1, 0.15) is 25.0 Å². The molecule has 0 radical (unpaired) electrons. The second-order valence-electron chi connectivity index (χ2n) is 6.86. The minimum absolute atomic E-state index is 0.0327. The molecule has 0 unspecified atom stereocenters. The van der Waals surface area contributed by atoms with E-state index in [0.717, 1.165) is 11.1 Å². The molecule has 0 saturated carbocycles. The van der Waals surface area contributed by atoms with Gasteiger partial charge in [0.1, 0.15) is 5.75 Å². The number of methoxy groups -OCH3 is 2. The average molecular weight is 408 g/mol. The number of benzene rings is 2. The first-order valence-electron chi connectivity index (χ1n) is 9.13. The Morgan fingerprint density at radius 2 is 1.61 bits per heavy atom. The number of hydrogen-bond donors (Lipinski definition) is 0. The molecule has 0 aliphatic carbocycles. The molecule has 0 aliphatic rings. The van der Waals surface area contributed by atoms with Gasteiger partial charge in [-0.1, -0.05) is 6.07 Å². The number of aryl methyl sites for hydroxylation is 1. The molecule has 0 spiro atoms. The average Bonchev–Trinajstić information content (AvgIpc) is 2.66. The fourth-order valence-corrected chi connectivity index (χ4v) is 4.05. The molecule has 2 aromatic rings. The van der Waals surface area contributed by atoms with Crippen LogP contribution >= 0.6 is 0 Å². The molecule has 6 nitrogen and oxygen atoms in total. The van der Waals surface area contributed by atoms with Gasteiger partial charge in [0, 0.05) is 13.6 Å². The van der Waals surface area contributed by atoms with E-state index in [1.54, 1.807) is 39.5 Å². The predicted octanol–water partition coefficient (Wildman–Crippen LogP) is 3.66. The first-order chi connectivity index (χ1) is 13.2. The Morgan fingerprint density at radius 3 is 2.18 bits per heavy atom.